The van der Waals surface area contributed by atoms with Crippen molar-refractivity contribution in [2.75, 3.05) is 24.0 Å². The summed E-state index contributed by atoms with van der Waals surface area (Å²) in [5.41, 5.74) is 0.903. The summed E-state index contributed by atoms with van der Waals surface area (Å²) in [6.07, 6.45) is 0.301. The molecule has 0 radical (unpaired) electrons. The molecule has 8 nitrogen and oxygen atoms in total. The first kappa shape index (κ1) is 29.6. The number of sulfonamides is 1. The van der Waals surface area contributed by atoms with E-state index in [1.54, 1.807) is 56.3 Å². The van der Waals surface area contributed by atoms with Gasteiger partial charge < -0.3 is 15.0 Å². The van der Waals surface area contributed by atoms with Crippen molar-refractivity contribution >= 4 is 27.5 Å². The van der Waals surface area contributed by atoms with E-state index >= 15 is 0 Å². The molecule has 0 spiro atoms. The lowest BCUT2D eigenvalue weighted by Crippen LogP contribution is -2.52. The average Bonchev–Trinajstić information content (AvgIpc) is 2.93. The van der Waals surface area contributed by atoms with E-state index < -0.39 is 34.3 Å². The summed E-state index contributed by atoms with van der Waals surface area (Å²) in [5.74, 6) is -0.826. The second kappa shape index (κ2) is 13.7. The number of anilines is 1. The first-order valence-corrected chi connectivity index (χ1v) is 14.3. The number of carbonyl (C=O) groups excluding carboxylic acids is 2. The maximum atomic E-state index is 13.9. The molecule has 3 aromatic rings. The molecule has 208 valence electrons. The molecule has 0 bridgehead atoms. The summed E-state index contributed by atoms with van der Waals surface area (Å²) in [7, 11) is -4.18. The Labute approximate surface area is 229 Å². The van der Waals surface area contributed by atoms with Gasteiger partial charge in [-0.25, -0.2) is 12.8 Å². The number of benzene rings is 3. The highest BCUT2D eigenvalue weighted by molar-refractivity contribution is 7.92. The molecule has 3 aromatic carbocycles. The standard InChI is InChI=1S/C29H34FN3O5S/c1-4-27(29(35)31-5-2)32(20-22-12-14-23(30)15-13-22)28(34)21-33(24-10-8-7-9-11-24)39(36,37)26-18-16-25(17-19-26)38-6-3/h7-19,27H,4-6,20-21H2,1-3H3,(H,31,35)/t27-/m0/s1. The van der Waals surface area contributed by atoms with E-state index in [1.165, 1.54) is 41.3 Å². The SMILES string of the molecule is CCNC(=O)[C@H](CC)N(Cc1ccc(F)cc1)C(=O)CN(c1ccccc1)S(=O)(=O)c1ccc(OCC)cc1. The van der Waals surface area contributed by atoms with E-state index in [0.29, 0.717) is 36.6 Å². The van der Waals surface area contributed by atoms with Gasteiger partial charge in [0.05, 0.1) is 17.2 Å². The van der Waals surface area contributed by atoms with E-state index in [9.17, 15) is 22.4 Å². The monoisotopic (exact) mass is 555 g/mol. The number of rotatable bonds is 13. The summed E-state index contributed by atoms with van der Waals surface area (Å²) in [4.78, 5) is 28.1. The van der Waals surface area contributed by atoms with Gasteiger partial charge in [-0.2, -0.15) is 0 Å². The third-order valence-electron chi connectivity index (χ3n) is 6.05. The van der Waals surface area contributed by atoms with Crippen molar-refractivity contribution in [2.45, 2.75) is 44.7 Å². The molecular weight excluding hydrogens is 521 g/mol. The predicted octanol–water partition coefficient (Wildman–Crippen LogP) is 4.36. The molecule has 10 heteroatoms. The van der Waals surface area contributed by atoms with Crippen LogP contribution in [0.4, 0.5) is 10.1 Å². The molecule has 1 N–H and O–H groups in total. The molecule has 1 atom stereocenters. The molecule has 0 aliphatic carbocycles. The molecule has 0 fully saturated rings. The summed E-state index contributed by atoms with van der Waals surface area (Å²) >= 11 is 0. The Hall–Kier alpha value is -3.92. The molecule has 39 heavy (non-hydrogen) atoms. The van der Waals surface area contributed by atoms with Crippen molar-refractivity contribution < 1.29 is 27.1 Å². The van der Waals surface area contributed by atoms with Gasteiger partial charge in [0.15, 0.2) is 0 Å². The minimum atomic E-state index is -4.18. The Bertz CT molecular complexity index is 1330. The fraction of sp³-hybridized carbons (Fsp3) is 0.310. The average molecular weight is 556 g/mol. The Morgan fingerprint density at radius 3 is 2.13 bits per heavy atom. The maximum absolute atomic E-state index is 13.9. The fourth-order valence-electron chi connectivity index (χ4n) is 4.12. The molecule has 0 saturated heterocycles. The normalized spacial score (nSPS) is 11.9. The topological polar surface area (TPSA) is 96.0 Å². The van der Waals surface area contributed by atoms with Gasteiger partial charge >= 0.3 is 0 Å². The van der Waals surface area contributed by atoms with Crippen molar-refractivity contribution in [1.82, 2.24) is 10.2 Å². The molecule has 0 heterocycles. The van der Waals surface area contributed by atoms with Crippen LogP contribution in [-0.4, -0.2) is 50.9 Å². The van der Waals surface area contributed by atoms with Crippen LogP contribution >= 0.6 is 0 Å². The van der Waals surface area contributed by atoms with Gasteiger partial charge in [-0.3, -0.25) is 13.9 Å². The van der Waals surface area contributed by atoms with Crippen molar-refractivity contribution in [3.63, 3.8) is 0 Å². The first-order chi connectivity index (χ1) is 18.7. The van der Waals surface area contributed by atoms with E-state index in [0.717, 1.165) is 4.31 Å². The number of likely N-dealkylation sites (N-methyl/N-ethyl adjacent to an activating group) is 1. The fourth-order valence-corrected chi connectivity index (χ4v) is 5.54. The van der Waals surface area contributed by atoms with Crippen molar-refractivity contribution in [1.29, 1.82) is 0 Å². The van der Waals surface area contributed by atoms with Crippen molar-refractivity contribution in [3.8, 4) is 5.75 Å². The lowest BCUT2D eigenvalue weighted by atomic mass is 10.1. The van der Waals surface area contributed by atoms with Gasteiger partial charge in [0, 0.05) is 13.1 Å². The highest BCUT2D eigenvalue weighted by Gasteiger charge is 2.33. The van der Waals surface area contributed by atoms with Crippen LogP contribution in [0.5, 0.6) is 5.75 Å². The summed E-state index contributed by atoms with van der Waals surface area (Å²) < 4.78 is 47.6. The first-order valence-electron chi connectivity index (χ1n) is 12.8. The Morgan fingerprint density at radius 2 is 1.56 bits per heavy atom. The van der Waals surface area contributed by atoms with Crippen LogP contribution in [0.15, 0.2) is 83.8 Å². The number of carbonyl (C=O) groups is 2. The summed E-state index contributed by atoms with van der Waals surface area (Å²) in [5, 5.41) is 2.75. The summed E-state index contributed by atoms with van der Waals surface area (Å²) in [6.45, 7) is 5.64. The second-order valence-corrected chi connectivity index (χ2v) is 10.6. The van der Waals surface area contributed by atoms with Crippen LogP contribution in [0, 0.1) is 5.82 Å². The third kappa shape index (κ3) is 7.57. The minimum Gasteiger partial charge on any atom is -0.494 e. The largest absolute Gasteiger partial charge is 0.494 e. The number of nitrogens with zero attached hydrogens (tertiary/aromatic N) is 2. The zero-order valence-electron chi connectivity index (χ0n) is 22.3. The van der Waals surface area contributed by atoms with Gasteiger partial charge in [0.2, 0.25) is 11.8 Å². The number of para-hydroxylation sites is 1. The molecule has 0 saturated carbocycles. The molecule has 3 rings (SSSR count). The quantitative estimate of drug-likeness (QED) is 0.338. The molecule has 0 aliphatic rings. The zero-order valence-corrected chi connectivity index (χ0v) is 23.2. The van der Waals surface area contributed by atoms with Gasteiger partial charge in [-0.1, -0.05) is 37.3 Å². The lowest BCUT2D eigenvalue weighted by Gasteiger charge is -2.33. The highest BCUT2D eigenvalue weighted by Crippen LogP contribution is 2.26. The van der Waals surface area contributed by atoms with Gasteiger partial charge in [-0.05, 0) is 74.4 Å². The predicted molar refractivity (Wildman–Crippen MR) is 148 cm³/mol. The number of amides is 2. The van der Waals surface area contributed by atoms with E-state index in [4.69, 9.17) is 4.74 Å². The smallest absolute Gasteiger partial charge is 0.264 e. The molecule has 0 aromatic heterocycles. The maximum Gasteiger partial charge on any atom is 0.264 e. The van der Waals surface area contributed by atoms with E-state index in [2.05, 4.69) is 5.32 Å². The molecule has 0 aliphatic heterocycles. The van der Waals surface area contributed by atoms with Crippen LogP contribution in [-0.2, 0) is 26.2 Å². The van der Waals surface area contributed by atoms with Crippen LogP contribution in [0.2, 0.25) is 0 Å². The van der Waals surface area contributed by atoms with Gasteiger partial charge in [0.25, 0.3) is 10.0 Å². The van der Waals surface area contributed by atoms with Crippen LogP contribution in [0.1, 0.15) is 32.8 Å². The van der Waals surface area contributed by atoms with Gasteiger partial charge in [0.1, 0.15) is 24.2 Å². The molecule has 2 amide bonds. The molecular formula is C29H34FN3O5S. The Morgan fingerprint density at radius 1 is 0.923 bits per heavy atom. The van der Waals surface area contributed by atoms with Crippen LogP contribution in [0.25, 0.3) is 0 Å². The van der Waals surface area contributed by atoms with Crippen LogP contribution < -0.4 is 14.4 Å². The lowest BCUT2D eigenvalue weighted by molar-refractivity contribution is -0.140. The number of hydrogen-bond acceptors (Lipinski definition) is 5. The Balaban J connectivity index is 2.01. The van der Waals surface area contributed by atoms with Crippen molar-refractivity contribution in [3.05, 3.63) is 90.2 Å². The number of ether oxygens (including phenoxy) is 1. The van der Waals surface area contributed by atoms with Gasteiger partial charge in [-0.15, -0.1) is 0 Å². The van der Waals surface area contributed by atoms with Crippen LogP contribution in [0.3, 0.4) is 0 Å². The van der Waals surface area contributed by atoms with E-state index in [1.807, 2.05) is 6.92 Å². The molecule has 0 unspecified atom stereocenters. The second-order valence-electron chi connectivity index (χ2n) is 8.72. The third-order valence-corrected chi connectivity index (χ3v) is 7.84. The zero-order chi connectivity index (χ0) is 28.4. The van der Waals surface area contributed by atoms with E-state index in [-0.39, 0.29) is 17.3 Å². The highest BCUT2D eigenvalue weighted by atomic mass is 32.2. The Kier molecular flexibility index (Phi) is 10.4. The number of halogens is 1. The number of nitrogens with one attached hydrogen (secondary N) is 1. The minimum absolute atomic E-state index is 0.000481. The number of hydrogen-bond donors (Lipinski definition) is 1. The van der Waals surface area contributed by atoms with Crippen molar-refractivity contribution in [2.24, 2.45) is 0 Å². The summed E-state index contributed by atoms with van der Waals surface area (Å²) in [6, 6.07) is 19.1.